The zero-order valence-electron chi connectivity index (χ0n) is 16.1. The molecule has 2 N–H and O–H groups in total. The minimum absolute atomic E-state index is 0.121. The normalized spacial score (nSPS) is 11.2. The summed E-state index contributed by atoms with van der Waals surface area (Å²) in [5.74, 6) is 2.11. The summed E-state index contributed by atoms with van der Waals surface area (Å²) >= 11 is 0. The standard InChI is InChI=1S/C22H20N6O2/c29-14-21-25-18-6-5-16(13-19(18)26-21)28-10-8-24-22(28)17-3-1-2-4-20(17)30-12-11-27-9-7-23-15-27/h1-10,13,15,29H,11-12,14H2,(H,25,26). The minimum Gasteiger partial charge on any atom is -0.491 e. The van der Waals surface area contributed by atoms with Crippen LogP contribution in [0.25, 0.3) is 28.1 Å². The highest BCUT2D eigenvalue weighted by atomic mass is 16.5. The van der Waals surface area contributed by atoms with Gasteiger partial charge in [0.1, 0.15) is 30.6 Å². The van der Waals surface area contributed by atoms with Gasteiger partial charge in [0.25, 0.3) is 0 Å². The van der Waals surface area contributed by atoms with Gasteiger partial charge in [0.05, 0.1) is 29.5 Å². The SMILES string of the molecule is OCc1nc2ccc(-n3ccnc3-c3ccccc3OCCn3ccnc3)cc2[nH]1. The number of fused-ring (bicyclic) bond motifs is 1. The molecular weight excluding hydrogens is 380 g/mol. The van der Waals surface area contributed by atoms with E-state index in [9.17, 15) is 5.11 Å². The fourth-order valence-corrected chi connectivity index (χ4v) is 3.44. The van der Waals surface area contributed by atoms with Crippen LogP contribution in [0.2, 0.25) is 0 Å². The van der Waals surface area contributed by atoms with Gasteiger partial charge in [-0.1, -0.05) is 12.1 Å². The van der Waals surface area contributed by atoms with Gasteiger partial charge in [0.15, 0.2) is 0 Å². The third-order valence-corrected chi connectivity index (χ3v) is 4.88. The summed E-state index contributed by atoms with van der Waals surface area (Å²) in [4.78, 5) is 16.1. The van der Waals surface area contributed by atoms with Gasteiger partial charge < -0.3 is 19.4 Å². The third kappa shape index (κ3) is 3.44. The molecule has 0 amide bonds. The molecule has 8 nitrogen and oxygen atoms in total. The van der Waals surface area contributed by atoms with Gasteiger partial charge in [-0.05, 0) is 30.3 Å². The lowest BCUT2D eigenvalue weighted by atomic mass is 10.2. The van der Waals surface area contributed by atoms with E-state index < -0.39 is 0 Å². The summed E-state index contributed by atoms with van der Waals surface area (Å²) in [6.45, 7) is 1.12. The maximum absolute atomic E-state index is 9.32. The molecule has 5 rings (SSSR count). The number of para-hydroxylation sites is 1. The first-order valence-electron chi connectivity index (χ1n) is 9.63. The number of benzene rings is 2. The van der Waals surface area contributed by atoms with Crippen LogP contribution < -0.4 is 4.74 Å². The van der Waals surface area contributed by atoms with E-state index in [1.54, 1.807) is 18.7 Å². The molecule has 0 aliphatic heterocycles. The van der Waals surface area contributed by atoms with Crippen molar-refractivity contribution in [2.24, 2.45) is 0 Å². The average molecular weight is 400 g/mol. The molecule has 0 spiro atoms. The molecular formula is C22H20N6O2. The monoisotopic (exact) mass is 400 g/mol. The molecule has 0 bridgehead atoms. The van der Waals surface area contributed by atoms with Gasteiger partial charge in [-0.2, -0.15) is 0 Å². The van der Waals surface area contributed by atoms with Crippen molar-refractivity contribution in [1.82, 2.24) is 29.1 Å². The summed E-state index contributed by atoms with van der Waals surface area (Å²) in [5.41, 5.74) is 3.53. The predicted octanol–water partition coefficient (Wildman–Crippen LogP) is 3.18. The van der Waals surface area contributed by atoms with Crippen molar-refractivity contribution in [1.29, 1.82) is 0 Å². The number of rotatable bonds is 7. The number of nitrogens with one attached hydrogen (secondary N) is 1. The van der Waals surface area contributed by atoms with E-state index in [-0.39, 0.29) is 6.61 Å². The summed E-state index contributed by atoms with van der Waals surface area (Å²) in [6, 6.07) is 13.8. The first-order chi connectivity index (χ1) is 14.8. The molecule has 0 fully saturated rings. The number of hydrogen-bond donors (Lipinski definition) is 2. The predicted molar refractivity (Wildman–Crippen MR) is 112 cm³/mol. The van der Waals surface area contributed by atoms with Crippen molar-refractivity contribution in [3.8, 4) is 22.8 Å². The maximum atomic E-state index is 9.32. The fraction of sp³-hybridized carbons (Fsp3) is 0.136. The van der Waals surface area contributed by atoms with Crippen molar-refractivity contribution >= 4 is 11.0 Å². The van der Waals surface area contributed by atoms with E-state index in [0.717, 1.165) is 33.9 Å². The van der Waals surface area contributed by atoms with Crippen LogP contribution in [0, 0.1) is 0 Å². The lowest BCUT2D eigenvalue weighted by Gasteiger charge is -2.13. The van der Waals surface area contributed by atoms with Gasteiger partial charge in [0, 0.05) is 30.5 Å². The highest BCUT2D eigenvalue weighted by molar-refractivity contribution is 5.78. The summed E-state index contributed by atoms with van der Waals surface area (Å²) < 4.78 is 10.1. The van der Waals surface area contributed by atoms with Crippen LogP contribution in [-0.4, -0.2) is 40.8 Å². The smallest absolute Gasteiger partial charge is 0.148 e. The highest BCUT2D eigenvalue weighted by Gasteiger charge is 2.14. The van der Waals surface area contributed by atoms with Gasteiger partial charge in [-0.15, -0.1) is 0 Å². The molecule has 3 heterocycles. The lowest BCUT2D eigenvalue weighted by Crippen LogP contribution is -2.07. The Bertz CT molecular complexity index is 1270. The Labute approximate surface area is 172 Å². The van der Waals surface area contributed by atoms with Crippen molar-refractivity contribution in [2.45, 2.75) is 13.2 Å². The van der Waals surface area contributed by atoms with Crippen molar-refractivity contribution in [3.63, 3.8) is 0 Å². The van der Waals surface area contributed by atoms with E-state index in [1.165, 1.54) is 0 Å². The Morgan fingerprint density at radius 2 is 2.00 bits per heavy atom. The summed E-state index contributed by atoms with van der Waals surface area (Å²) in [5, 5.41) is 9.32. The van der Waals surface area contributed by atoms with E-state index in [2.05, 4.69) is 19.9 Å². The molecule has 150 valence electrons. The maximum Gasteiger partial charge on any atom is 0.148 e. The zero-order chi connectivity index (χ0) is 20.3. The number of nitrogens with zero attached hydrogens (tertiary/aromatic N) is 5. The minimum atomic E-state index is -0.121. The van der Waals surface area contributed by atoms with Crippen LogP contribution in [0.1, 0.15) is 5.82 Å². The van der Waals surface area contributed by atoms with Crippen LogP contribution in [0.5, 0.6) is 5.75 Å². The Morgan fingerprint density at radius 3 is 2.87 bits per heavy atom. The van der Waals surface area contributed by atoms with Gasteiger partial charge >= 0.3 is 0 Å². The molecule has 30 heavy (non-hydrogen) atoms. The molecule has 2 aromatic carbocycles. The molecule has 0 atom stereocenters. The number of imidazole rings is 3. The van der Waals surface area contributed by atoms with E-state index in [1.807, 2.05) is 64.0 Å². The van der Waals surface area contributed by atoms with Crippen molar-refractivity contribution in [3.05, 3.63) is 79.4 Å². The molecule has 0 aliphatic carbocycles. The third-order valence-electron chi connectivity index (χ3n) is 4.88. The number of aliphatic hydroxyl groups is 1. The second-order valence-electron chi connectivity index (χ2n) is 6.81. The Hall–Kier alpha value is -3.91. The molecule has 0 saturated heterocycles. The van der Waals surface area contributed by atoms with Gasteiger partial charge in [0.2, 0.25) is 0 Å². The van der Waals surface area contributed by atoms with E-state index in [0.29, 0.717) is 19.0 Å². The molecule has 5 aromatic rings. The van der Waals surface area contributed by atoms with E-state index >= 15 is 0 Å². The number of hydrogen-bond acceptors (Lipinski definition) is 5. The first kappa shape index (κ1) is 18.1. The number of aliphatic hydroxyl groups excluding tert-OH is 1. The Morgan fingerprint density at radius 1 is 1.07 bits per heavy atom. The van der Waals surface area contributed by atoms with Crippen LogP contribution in [0.3, 0.4) is 0 Å². The lowest BCUT2D eigenvalue weighted by molar-refractivity contribution is 0.273. The number of ether oxygens (including phenoxy) is 1. The first-order valence-corrected chi connectivity index (χ1v) is 9.63. The molecule has 3 aromatic heterocycles. The van der Waals surface area contributed by atoms with Crippen molar-refractivity contribution < 1.29 is 9.84 Å². The molecule has 0 unspecified atom stereocenters. The van der Waals surface area contributed by atoms with Crippen LogP contribution >= 0.6 is 0 Å². The van der Waals surface area contributed by atoms with Crippen LogP contribution in [0.15, 0.2) is 73.6 Å². The molecule has 0 radical (unpaired) electrons. The second kappa shape index (κ2) is 7.84. The summed E-state index contributed by atoms with van der Waals surface area (Å²) in [7, 11) is 0. The van der Waals surface area contributed by atoms with Gasteiger partial charge in [-0.25, -0.2) is 15.0 Å². The van der Waals surface area contributed by atoms with Crippen LogP contribution in [0.4, 0.5) is 0 Å². The molecule has 0 saturated carbocycles. The van der Waals surface area contributed by atoms with Crippen molar-refractivity contribution in [2.75, 3.05) is 6.61 Å². The Kier molecular flexibility index (Phi) is 4.74. The quantitative estimate of drug-likeness (QED) is 0.438. The second-order valence-corrected chi connectivity index (χ2v) is 6.81. The Balaban J connectivity index is 1.46. The zero-order valence-corrected chi connectivity index (χ0v) is 16.1. The molecule has 8 heteroatoms. The fourth-order valence-electron chi connectivity index (χ4n) is 3.44. The summed E-state index contributed by atoms with van der Waals surface area (Å²) in [6.07, 6.45) is 9.13. The number of aromatic nitrogens is 6. The van der Waals surface area contributed by atoms with Gasteiger partial charge in [-0.3, -0.25) is 4.57 Å². The average Bonchev–Trinajstić information content (AvgIpc) is 3.53. The largest absolute Gasteiger partial charge is 0.491 e. The number of H-pyrrole nitrogens is 1. The number of aromatic amines is 1. The van der Waals surface area contributed by atoms with E-state index in [4.69, 9.17) is 4.74 Å². The molecule has 0 aliphatic rings. The van der Waals surface area contributed by atoms with Crippen LogP contribution in [-0.2, 0) is 13.2 Å². The highest BCUT2D eigenvalue weighted by Crippen LogP contribution is 2.31. The topological polar surface area (TPSA) is 93.8 Å².